The molecule has 0 saturated carbocycles. The molecule has 1 fully saturated rings. The highest BCUT2D eigenvalue weighted by Crippen LogP contribution is 2.28. The van der Waals surface area contributed by atoms with Gasteiger partial charge in [0.2, 0.25) is 5.91 Å². The summed E-state index contributed by atoms with van der Waals surface area (Å²) in [5.41, 5.74) is 2.05. The lowest BCUT2D eigenvalue weighted by Crippen LogP contribution is -2.56. The fraction of sp³-hybridized carbons (Fsp3) is 0.562. The molecule has 0 spiro atoms. The lowest BCUT2D eigenvalue weighted by Gasteiger charge is -2.42. The Labute approximate surface area is 120 Å². The highest BCUT2D eigenvalue weighted by Gasteiger charge is 2.37. The van der Waals surface area contributed by atoms with Gasteiger partial charge in [0.25, 0.3) is 0 Å². The van der Waals surface area contributed by atoms with Crippen molar-refractivity contribution in [1.29, 1.82) is 0 Å². The van der Waals surface area contributed by atoms with Crippen molar-refractivity contribution in [1.82, 2.24) is 4.90 Å². The number of carbonyl (C=O) groups is 1. The number of anilines is 1. The first-order valence-corrected chi connectivity index (χ1v) is 7.26. The van der Waals surface area contributed by atoms with Gasteiger partial charge in [-0.1, -0.05) is 18.2 Å². The molecular formula is C16H22N2O2. The van der Waals surface area contributed by atoms with Gasteiger partial charge in [-0.15, -0.1) is 0 Å². The topological polar surface area (TPSA) is 41.6 Å². The van der Waals surface area contributed by atoms with Crippen molar-refractivity contribution in [3.8, 4) is 0 Å². The fourth-order valence-corrected chi connectivity index (χ4v) is 3.29. The molecule has 3 rings (SSSR count). The van der Waals surface area contributed by atoms with Crippen LogP contribution < -0.4 is 5.32 Å². The van der Waals surface area contributed by atoms with Gasteiger partial charge in [-0.3, -0.25) is 4.79 Å². The molecule has 0 aromatic heterocycles. The summed E-state index contributed by atoms with van der Waals surface area (Å²) in [5, 5.41) is 3.34. The largest absolute Gasteiger partial charge is 0.373 e. The van der Waals surface area contributed by atoms with Gasteiger partial charge >= 0.3 is 0 Å². The van der Waals surface area contributed by atoms with E-state index in [1.54, 1.807) is 0 Å². The summed E-state index contributed by atoms with van der Waals surface area (Å²) >= 11 is 0. The maximum absolute atomic E-state index is 12.7. The summed E-state index contributed by atoms with van der Waals surface area (Å²) < 4.78 is 5.86. The van der Waals surface area contributed by atoms with E-state index in [-0.39, 0.29) is 23.7 Å². The summed E-state index contributed by atoms with van der Waals surface area (Å²) in [6.07, 6.45) is 0.868. The van der Waals surface area contributed by atoms with E-state index < -0.39 is 0 Å². The minimum Gasteiger partial charge on any atom is -0.373 e. The van der Waals surface area contributed by atoms with E-state index >= 15 is 0 Å². The number of fused-ring (bicyclic) bond motifs is 1. The number of benzene rings is 1. The third kappa shape index (κ3) is 2.52. The molecular weight excluding hydrogens is 252 g/mol. The molecule has 108 valence electrons. The summed E-state index contributed by atoms with van der Waals surface area (Å²) in [6, 6.07) is 8.01. The molecule has 1 aromatic carbocycles. The molecule has 20 heavy (non-hydrogen) atoms. The molecule has 0 unspecified atom stereocenters. The summed E-state index contributed by atoms with van der Waals surface area (Å²) in [5.74, 6) is 0.185. The maximum atomic E-state index is 12.7. The molecule has 2 aliphatic rings. The number of rotatable bonds is 1. The summed E-state index contributed by atoms with van der Waals surface area (Å²) in [4.78, 5) is 14.7. The Bertz CT molecular complexity index is 502. The molecule has 1 aromatic rings. The molecule has 0 radical (unpaired) electrons. The van der Waals surface area contributed by atoms with Gasteiger partial charge < -0.3 is 15.0 Å². The highest BCUT2D eigenvalue weighted by atomic mass is 16.5. The zero-order chi connectivity index (χ0) is 14.3. The predicted molar refractivity (Wildman–Crippen MR) is 78.8 cm³/mol. The van der Waals surface area contributed by atoms with Crippen LogP contribution in [0.1, 0.15) is 26.3 Å². The molecule has 2 heterocycles. The quantitative estimate of drug-likeness (QED) is 0.852. The van der Waals surface area contributed by atoms with Crippen molar-refractivity contribution in [3.05, 3.63) is 29.8 Å². The fourth-order valence-electron chi connectivity index (χ4n) is 3.29. The van der Waals surface area contributed by atoms with Crippen molar-refractivity contribution in [2.45, 2.75) is 44.9 Å². The molecule has 4 nitrogen and oxygen atoms in total. The van der Waals surface area contributed by atoms with Crippen LogP contribution >= 0.6 is 0 Å². The molecule has 1 amide bonds. The second-order valence-electron chi connectivity index (χ2n) is 6.47. The van der Waals surface area contributed by atoms with Crippen molar-refractivity contribution >= 4 is 11.6 Å². The molecule has 0 bridgehead atoms. The van der Waals surface area contributed by atoms with E-state index in [0.29, 0.717) is 13.1 Å². The van der Waals surface area contributed by atoms with Crippen LogP contribution in [-0.4, -0.2) is 41.6 Å². The van der Waals surface area contributed by atoms with Crippen molar-refractivity contribution in [3.63, 3.8) is 0 Å². The van der Waals surface area contributed by atoms with Crippen LogP contribution in [0.5, 0.6) is 0 Å². The van der Waals surface area contributed by atoms with Crippen LogP contribution in [0.3, 0.4) is 0 Å². The number of para-hydroxylation sites is 1. The lowest BCUT2D eigenvalue weighted by molar-refractivity contribution is -0.158. The highest BCUT2D eigenvalue weighted by molar-refractivity contribution is 5.87. The van der Waals surface area contributed by atoms with Gasteiger partial charge in [-0.2, -0.15) is 0 Å². The van der Waals surface area contributed by atoms with Gasteiger partial charge in [-0.05, 0) is 32.4 Å². The zero-order valence-electron chi connectivity index (χ0n) is 12.3. The van der Waals surface area contributed by atoms with Gasteiger partial charge in [0.1, 0.15) is 6.04 Å². The van der Waals surface area contributed by atoms with Crippen LogP contribution in [0.15, 0.2) is 24.3 Å². The average molecular weight is 274 g/mol. The van der Waals surface area contributed by atoms with Gasteiger partial charge in [-0.25, -0.2) is 0 Å². The Balaban J connectivity index is 1.72. The summed E-state index contributed by atoms with van der Waals surface area (Å²) in [7, 11) is 0. The monoisotopic (exact) mass is 274 g/mol. The van der Waals surface area contributed by atoms with Gasteiger partial charge in [0.05, 0.1) is 11.7 Å². The van der Waals surface area contributed by atoms with Gasteiger partial charge in [0.15, 0.2) is 0 Å². The number of amides is 1. The van der Waals surface area contributed by atoms with E-state index in [9.17, 15) is 4.79 Å². The predicted octanol–water partition coefficient (Wildman–Crippen LogP) is 2.05. The first kappa shape index (κ1) is 13.4. The van der Waals surface area contributed by atoms with Crippen LogP contribution in [0.25, 0.3) is 0 Å². The van der Waals surface area contributed by atoms with Crippen molar-refractivity contribution < 1.29 is 9.53 Å². The minimum absolute atomic E-state index is 0.0893. The SMILES string of the molecule is C[C@H]1CN(C(=O)[C@@H]2Cc3ccccc3N2)CC(C)(C)O1. The van der Waals surface area contributed by atoms with E-state index in [2.05, 4.69) is 11.4 Å². The van der Waals surface area contributed by atoms with E-state index in [1.807, 2.05) is 43.9 Å². The molecule has 4 heteroatoms. The molecule has 1 saturated heterocycles. The Hall–Kier alpha value is -1.55. The first-order valence-electron chi connectivity index (χ1n) is 7.26. The lowest BCUT2D eigenvalue weighted by atomic mass is 10.0. The van der Waals surface area contributed by atoms with Crippen molar-refractivity contribution in [2.24, 2.45) is 0 Å². The van der Waals surface area contributed by atoms with E-state index in [0.717, 1.165) is 12.1 Å². The number of nitrogens with zero attached hydrogens (tertiary/aromatic N) is 1. The standard InChI is InChI=1S/C16H22N2O2/c1-11-9-18(10-16(2,3)20-11)15(19)14-8-12-6-4-5-7-13(12)17-14/h4-7,11,14,17H,8-10H2,1-3H3/t11-,14-/m0/s1. The third-order valence-corrected chi connectivity index (χ3v) is 3.95. The second kappa shape index (κ2) is 4.77. The minimum atomic E-state index is -0.265. The number of nitrogens with one attached hydrogen (secondary N) is 1. The molecule has 1 N–H and O–H groups in total. The number of morpholine rings is 1. The van der Waals surface area contributed by atoms with Crippen LogP contribution in [0.2, 0.25) is 0 Å². The maximum Gasteiger partial charge on any atom is 0.245 e. The van der Waals surface area contributed by atoms with Crippen LogP contribution in [0, 0.1) is 0 Å². The van der Waals surface area contributed by atoms with Crippen molar-refractivity contribution in [2.75, 3.05) is 18.4 Å². The van der Waals surface area contributed by atoms with E-state index in [4.69, 9.17) is 4.74 Å². The zero-order valence-corrected chi connectivity index (χ0v) is 12.3. The molecule has 2 atom stereocenters. The number of ether oxygens (including phenoxy) is 1. The number of hydrogen-bond acceptors (Lipinski definition) is 3. The number of carbonyl (C=O) groups excluding carboxylic acids is 1. The molecule has 2 aliphatic heterocycles. The van der Waals surface area contributed by atoms with Gasteiger partial charge in [0, 0.05) is 25.2 Å². The Morgan fingerprint density at radius 3 is 2.85 bits per heavy atom. The smallest absolute Gasteiger partial charge is 0.245 e. The number of hydrogen-bond donors (Lipinski definition) is 1. The molecule has 0 aliphatic carbocycles. The Kier molecular flexibility index (Phi) is 3.21. The Morgan fingerprint density at radius 1 is 1.40 bits per heavy atom. The van der Waals surface area contributed by atoms with Crippen LogP contribution in [0.4, 0.5) is 5.69 Å². The van der Waals surface area contributed by atoms with Crippen LogP contribution in [-0.2, 0) is 16.0 Å². The first-order chi connectivity index (χ1) is 9.44. The Morgan fingerprint density at radius 2 is 2.15 bits per heavy atom. The average Bonchev–Trinajstić information content (AvgIpc) is 2.79. The normalized spacial score (nSPS) is 27.9. The summed E-state index contributed by atoms with van der Waals surface area (Å²) in [6.45, 7) is 7.44. The van der Waals surface area contributed by atoms with E-state index in [1.165, 1.54) is 5.56 Å². The second-order valence-corrected chi connectivity index (χ2v) is 6.47. The third-order valence-electron chi connectivity index (χ3n) is 3.95.